The molecule has 194 valence electrons. The van der Waals surface area contributed by atoms with Crippen molar-refractivity contribution in [2.24, 2.45) is 5.92 Å². The van der Waals surface area contributed by atoms with Gasteiger partial charge < -0.3 is 19.3 Å². The fourth-order valence-electron chi connectivity index (χ4n) is 5.39. The summed E-state index contributed by atoms with van der Waals surface area (Å²) in [6.07, 6.45) is 0.978. The fourth-order valence-corrected chi connectivity index (χ4v) is 5.39. The van der Waals surface area contributed by atoms with E-state index in [1.54, 1.807) is 60.7 Å². The molecule has 0 saturated carbocycles. The lowest BCUT2D eigenvalue weighted by atomic mass is 9.83. The third kappa shape index (κ3) is 5.45. The Kier molecular flexibility index (Phi) is 7.67. The number of halogens is 1. The first-order valence-electron chi connectivity index (χ1n) is 12.8. The molecule has 6 nitrogen and oxygen atoms in total. The van der Waals surface area contributed by atoms with E-state index in [0.29, 0.717) is 24.5 Å². The Hall–Kier alpha value is -3.10. The zero-order valence-electron chi connectivity index (χ0n) is 20.9. The van der Waals surface area contributed by atoms with Gasteiger partial charge in [0.1, 0.15) is 11.6 Å². The van der Waals surface area contributed by atoms with Gasteiger partial charge in [-0.25, -0.2) is 9.18 Å². The summed E-state index contributed by atoms with van der Waals surface area (Å²) in [6, 6.07) is 22.1. The molecule has 3 aromatic rings. The lowest BCUT2D eigenvalue weighted by Gasteiger charge is -2.43. The van der Waals surface area contributed by atoms with Gasteiger partial charge in [-0.2, -0.15) is 0 Å². The van der Waals surface area contributed by atoms with Crippen molar-refractivity contribution in [3.05, 3.63) is 101 Å². The maximum absolute atomic E-state index is 13.5. The van der Waals surface area contributed by atoms with Crippen LogP contribution in [-0.4, -0.2) is 48.3 Å². The van der Waals surface area contributed by atoms with Crippen LogP contribution in [0, 0.1) is 11.7 Å². The molecule has 5 rings (SSSR count). The number of esters is 1. The van der Waals surface area contributed by atoms with Crippen LogP contribution in [0.25, 0.3) is 0 Å². The molecule has 1 N–H and O–H groups in total. The molecule has 3 aromatic carbocycles. The van der Waals surface area contributed by atoms with Crippen LogP contribution < -0.4 is 4.74 Å². The minimum absolute atomic E-state index is 0.106. The summed E-state index contributed by atoms with van der Waals surface area (Å²) in [7, 11) is 0. The van der Waals surface area contributed by atoms with Crippen molar-refractivity contribution in [1.82, 2.24) is 4.90 Å². The maximum atomic E-state index is 13.5. The van der Waals surface area contributed by atoms with E-state index in [1.807, 2.05) is 13.0 Å². The number of hydrogen-bond acceptors (Lipinski definition) is 6. The Labute approximate surface area is 216 Å². The predicted octanol–water partition coefficient (Wildman–Crippen LogP) is 5.08. The molecule has 0 bridgehead atoms. The van der Waals surface area contributed by atoms with E-state index in [-0.39, 0.29) is 17.8 Å². The fraction of sp³-hybridized carbons (Fsp3) is 0.367. The number of aliphatic hydroxyl groups excluding tert-OH is 1. The number of carbonyl (C=O) groups is 1. The second kappa shape index (κ2) is 11.1. The Morgan fingerprint density at radius 1 is 0.973 bits per heavy atom. The van der Waals surface area contributed by atoms with E-state index in [0.717, 1.165) is 37.1 Å². The average Bonchev–Trinajstić information content (AvgIpc) is 3.45. The largest absolute Gasteiger partial charge is 0.423 e. The quantitative estimate of drug-likeness (QED) is 0.357. The average molecular weight is 506 g/mol. The van der Waals surface area contributed by atoms with Crippen LogP contribution in [0.3, 0.4) is 0 Å². The number of rotatable bonds is 7. The number of aliphatic hydroxyl groups is 1. The molecule has 2 fully saturated rings. The Morgan fingerprint density at radius 3 is 2.22 bits per heavy atom. The van der Waals surface area contributed by atoms with Crippen molar-refractivity contribution in [1.29, 1.82) is 0 Å². The van der Waals surface area contributed by atoms with E-state index >= 15 is 0 Å². The highest BCUT2D eigenvalue weighted by Crippen LogP contribution is 2.44. The van der Waals surface area contributed by atoms with Gasteiger partial charge in [0.2, 0.25) is 0 Å². The zero-order chi connectivity index (χ0) is 25.8. The SMILES string of the molecule is CC(C(O)c1ccc(OC(=O)c2ccccc2)cc1)N1CCC(C2(c3ccc(F)cc3)OCCO2)CC1. The van der Waals surface area contributed by atoms with Gasteiger partial charge in [0.15, 0.2) is 5.79 Å². The van der Waals surface area contributed by atoms with E-state index < -0.39 is 17.9 Å². The smallest absolute Gasteiger partial charge is 0.343 e. The Morgan fingerprint density at radius 2 is 1.59 bits per heavy atom. The molecule has 0 amide bonds. The van der Waals surface area contributed by atoms with Gasteiger partial charge in [-0.3, -0.25) is 4.90 Å². The molecule has 2 saturated heterocycles. The van der Waals surface area contributed by atoms with Crippen LogP contribution in [0.2, 0.25) is 0 Å². The molecular weight excluding hydrogens is 473 g/mol. The van der Waals surface area contributed by atoms with Gasteiger partial charge in [0, 0.05) is 17.5 Å². The number of likely N-dealkylation sites (tertiary alicyclic amines) is 1. The van der Waals surface area contributed by atoms with Gasteiger partial charge in [-0.15, -0.1) is 0 Å². The lowest BCUT2D eigenvalue weighted by molar-refractivity contribution is -0.215. The lowest BCUT2D eigenvalue weighted by Crippen LogP contribution is -2.48. The van der Waals surface area contributed by atoms with Crippen LogP contribution in [-0.2, 0) is 15.3 Å². The molecule has 0 spiro atoms. The molecule has 2 aliphatic heterocycles. The number of nitrogens with zero attached hydrogens (tertiary/aromatic N) is 1. The van der Waals surface area contributed by atoms with Crippen molar-refractivity contribution in [3.63, 3.8) is 0 Å². The first-order valence-corrected chi connectivity index (χ1v) is 12.8. The summed E-state index contributed by atoms with van der Waals surface area (Å²) in [5.74, 6) is -0.967. The van der Waals surface area contributed by atoms with E-state index in [1.165, 1.54) is 12.1 Å². The maximum Gasteiger partial charge on any atom is 0.343 e. The highest BCUT2D eigenvalue weighted by molar-refractivity contribution is 5.90. The molecule has 0 radical (unpaired) electrons. The topological polar surface area (TPSA) is 68.2 Å². The van der Waals surface area contributed by atoms with Crippen molar-refractivity contribution in [3.8, 4) is 5.75 Å². The monoisotopic (exact) mass is 505 g/mol. The van der Waals surface area contributed by atoms with Crippen LogP contribution in [0.15, 0.2) is 78.9 Å². The first-order chi connectivity index (χ1) is 18.0. The Balaban J connectivity index is 1.19. The minimum Gasteiger partial charge on any atom is -0.423 e. The number of hydrogen-bond donors (Lipinski definition) is 1. The second-order valence-electron chi connectivity index (χ2n) is 9.69. The summed E-state index contributed by atoms with van der Waals surface area (Å²) in [5.41, 5.74) is 2.10. The van der Waals surface area contributed by atoms with E-state index in [2.05, 4.69) is 4.90 Å². The number of carbonyl (C=O) groups excluding carboxylic acids is 1. The molecule has 2 atom stereocenters. The molecule has 2 unspecified atom stereocenters. The van der Waals surface area contributed by atoms with Crippen LogP contribution in [0.4, 0.5) is 4.39 Å². The normalized spacial score (nSPS) is 19.9. The van der Waals surface area contributed by atoms with Gasteiger partial charge in [0.25, 0.3) is 0 Å². The molecule has 0 aromatic heterocycles. The van der Waals surface area contributed by atoms with E-state index in [9.17, 15) is 14.3 Å². The molecule has 0 aliphatic carbocycles. The van der Waals surface area contributed by atoms with Crippen LogP contribution in [0.5, 0.6) is 5.75 Å². The van der Waals surface area contributed by atoms with Gasteiger partial charge >= 0.3 is 5.97 Å². The second-order valence-corrected chi connectivity index (χ2v) is 9.69. The standard InChI is InChI=1S/C30H32FNO5/c1-21(28(33)22-7-13-27(14-8-22)37-29(34)23-5-3-2-4-6-23)32-17-15-25(16-18-32)30(35-19-20-36-30)24-9-11-26(31)12-10-24/h2-14,21,25,28,33H,15-20H2,1H3. The molecule has 37 heavy (non-hydrogen) atoms. The highest BCUT2D eigenvalue weighted by atomic mass is 19.1. The number of benzene rings is 3. The molecular formula is C30H32FNO5. The molecule has 7 heteroatoms. The van der Waals surface area contributed by atoms with Gasteiger partial charge in [-0.1, -0.05) is 42.5 Å². The third-order valence-corrected chi connectivity index (χ3v) is 7.50. The highest BCUT2D eigenvalue weighted by Gasteiger charge is 2.47. The molecule has 2 heterocycles. The van der Waals surface area contributed by atoms with Crippen molar-refractivity contribution in [2.45, 2.75) is 37.7 Å². The van der Waals surface area contributed by atoms with Crippen molar-refractivity contribution in [2.75, 3.05) is 26.3 Å². The molecule has 2 aliphatic rings. The van der Waals surface area contributed by atoms with Crippen LogP contribution in [0.1, 0.15) is 47.4 Å². The Bertz CT molecular complexity index is 1170. The van der Waals surface area contributed by atoms with Gasteiger partial charge in [0.05, 0.1) is 24.9 Å². The summed E-state index contributed by atoms with van der Waals surface area (Å²) in [5, 5.41) is 11.1. The van der Waals surface area contributed by atoms with Gasteiger partial charge in [-0.05, 0) is 74.8 Å². The summed E-state index contributed by atoms with van der Waals surface area (Å²) in [4.78, 5) is 14.6. The number of piperidine rings is 1. The zero-order valence-corrected chi connectivity index (χ0v) is 20.9. The summed E-state index contributed by atoms with van der Waals surface area (Å²) >= 11 is 0. The minimum atomic E-state index is -0.839. The van der Waals surface area contributed by atoms with Crippen LogP contribution >= 0.6 is 0 Å². The van der Waals surface area contributed by atoms with Crippen molar-refractivity contribution < 1.29 is 28.5 Å². The third-order valence-electron chi connectivity index (χ3n) is 7.50. The first kappa shape index (κ1) is 25.5. The number of ether oxygens (including phenoxy) is 3. The summed E-state index contributed by atoms with van der Waals surface area (Å²) in [6.45, 7) is 4.62. The van der Waals surface area contributed by atoms with Crippen molar-refractivity contribution >= 4 is 5.97 Å². The van der Waals surface area contributed by atoms with E-state index in [4.69, 9.17) is 14.2 Å². The summed E-state index contributed by atoms with van der Waals surface area (Å²) < 4.78 is 31.2. The predicted molar refractivity (Wildman–Crippen MR) is 137 cm³/mol.